The van der Waals surface area contributed by atoms with Crippen LogP contribution >= 0.6 is 11.8 Å². The number of thioether (sulfide) groups is 1. The van der Waals surface area contributed by atoms with E-state index in [1.54, 1.807) is 0 Å². The normalized spacial score (nSPS) is 10.6. The van der Waals surface area contributed by atoms with Gasteiger partial charge in [0.05, 0.1) is 12.3 Å². The van der Waals surface area contributed by atoms with E-state index in [1.165, 1.54) is 22.9 Å². The summed E-state index contributed by atoms with van der Waals surface area (Å²) in [5.41, 5.74) is 5.38. The second kappa shape index (κ2) is 10.1. The van der Waals surface area contributed by atoms with E-state index in [4.69, 9.17) is 0 Å². The van der Waals surface area contributed by atoms with Crippen LogP contribution in [-0.4, -0.2) is 26.4 Å². The zero-order chi connectivity index (χ0) is 21.5. The molecule has 0 aliphatic heterocycles. The Kier molecular flexibility index (Phi) is 7.30. The standard InChI is InChI=1S/C23H27N5OS/c1-5-12-28-20(14-24-22-17(3)9-7-10-18(22)4)26-27-23(28)30-15-21(29)25-19-11-6-8-16(2)13-19/h5-11,13,24H,1,12,14-15H2,2-4H3,(H,25,29). The van der Waals surface area contributed by atoms with Gasteiger partial charge in [0.25, 0.3) is 0 Å². The average Bonchev–Trinajstić information content (AvgIpc) is 3.08. The Bertz CT molecular complexity index is 1020. The highest BCUT2D eigenvalue weighted by molar-refractivity contribution is 7.99. The van der Waals surface area contributed by atoms with Gasteiger partial charge in [0, 0.05) is 17.9 Å². The van der Waals surface area contributed by atoms with Gasteiger partial charge in [-0.3, -0.25) is 4.79 Å². The second-order valence-electron chi connectivity index (χ2n) is 7.12. The molecule has 0 radical (unpaired) electrons. The predicted molar refractivity (Wildman–Crippen MR) is 124 cm³/mol. The molecule has 0 spiro atoms. The van der Waals surface area contributed by atoms with Crippen molar-refractivity contribution < 1.29 is 4.79 Å². The summed E-state index contributed by atoms with van der Waals surface area (Å²) in [5, 5.41) is 15.7. The summed E-state index contributed by atoms with van der Waals surface area (Å²) >= 11 is 1.37. The molecule has 0 aliphatic rings. The first kappa shape index (κ1) is 21.6. The number of aryl methyl sites for hydroxylation is 3. The Morgan fingerprint density at radius 2 is 1.87 bits per heavy atom. The Morgan fingerprint density at radius 1 is 1.13 bits per heavy atom. The molecule has 6 nitrogen and oxygen atoms in total. The van der Waals surface area contributed by atoms with Crippen molar-refractivity contribution >= 4 is 29.0 Å². The lowest BCUT2D eigenvalue weighted by Gasteiger charge is -2.13. The summed E-state index contributed by atoms with van der Waals surface area (Å²) < 4.78 is 1.98. The summed E-state index contributed by atoms with van der Waals surface area (Å²) in [6.07, 6.45) is 1.81. The number of hydrogen-bond acceptors (Lipinski definition) is 5. The number of nitrogens with one attached hydrogen (secondary N) is 2. The van der Waals surface area contributed by atoms with Gasteiger partial charge in [-0.25, -0.2) is 0 Å². The van der Waals surface area contributed by atoms with Gasteiger partial charge >= 0.3 is 0 Å². The number of nitrogens with zero attached hydrogens (tertiary/aromatic N) is 3. The summed E-state index contributed by atoms with van der Waals surface area (Å²) in [7, 11) is 0. The third-order valence-electron chi connectivity index (χ3n) is 4.64. The maximum Gasteiger partial charge on any atom is 0.234 e. The maximum atomic E-state index is 12.3. The van der Waals surface area contributed by atoms with E-state index in [-0.39, 0.29) is 11.7 Å². The molecule has 1 amide bonds. The van der Waals surface area contributed by atoms with Crippen LogP contribution < -0.4 is 10.6 Å². The number of rotatable bonds is 9. The van der Waals surface area contributed by atoms with Crippen LogP contribution in [0.5, 0.6) is 0 Å². The van der Waals surface area contributed by atoms with E-state index in [1.807, 2.05) is 47.9 Å². The zero-order valence-electron chi connectivity index (χ0n) is 17.6. The van der Waals surface area contributed by atoms with Gasteiger partial charge in [0.2, 0.25) is 5.91 Å². The Balaban J connectivity index is 1.65. The first-order valence-corrected chi connectivity index (χ1v) is 10.8. The van der Waals surface area contributed by atoms with E-state index in [0.29, 0.717) is 18.2 Å². The highest BCUT2D eigenvalue weighted by atomic mass is 32.2. The number of carbonyl (C=O) groups excluding carboxylic acids is 1. The molecule has 3 rings (SSSR count). The third kappa shape index (κ3) is 5.51. The number of aromatic nitrogens is 3. The topological polar surface area (TPSA) is 71.8 Å². The van der Waals surface area contributed by atoms with Crippen LogP contribution in [0.1, 0.15) is 22.5 Å². The van der Waals surface area contributed by atoms with E-state index >= 15 is 0 Å². The molecule has 0 atom stereocenters. The molecule has 0 unspecified atom stereocenters. The van der Waals surface area contributed by atoms with Gasteiger partial charge in [0.1, 0.15) is 0 Å². The van der Waals surface area contributed by atoms with Gasteiger partial charge in [-0.1, -0.05) is 48.2 Å². The van der Waals surface area contributed by atoms with Crippen molar-refractivity contribution in [3.63, 3.8) is 0 Å². The summed E-state index contributed by atoms with van der Waals surface area (Å²) in [4.78, 5) is 12.3. The maximum absolute atomic E-state index is 12.3. The lowest BCUT2D eigenvalue weighted by molar-refractivity contribution is -0.113. The minimum absolute atomic E-state index is 0.0750. The largest absolute Gasteiger partial charge is 0.377 e. The molecule has 156 valence electrons. The molecule has 7 heteroatoms. The smallest absolute Gasteiger partial charge is 0.234 e. The number of carbonyl (C=O) groups is 1. The Morgan fingerprint density at radius 3 is 2.57 bits per heavy atom. The molecule has 2 aromatic carbocycles. The van der Waals surface area contributed by atoms with Crippen LogP contribution in [-0.2, 0) is 17.9 Å². The van der Waals surface area contributed by atoms with Crippen LogP contribution in [0.2, 0.25) is 0 Å². The molecule has 0 saturated heterocycles. The fourth-order valence-corrected chi connectivity index (χ4v) is 3.95. The molecule has 3 aromatic rings. The van der Waals surface area contributed by atoms with Crippen molar-refractivity contribution in [2.45, 2.75) is 39.0 Å². The zero-order valence-corrected chi connectivity index (χ0v) is 18.4. The lowest BCUT2D eigenvalue weighted by Crippen LogP contribution is -2.15. The summed E-state index contributed by atoms with van der Waals surface area (Å²) in [6, 6.07) is 14.0. The van der Waals surface area contributed by atoms with Crippen molar-refractivity contribution in [3.8, 4) is 0 Å². The first-order valence-electron chi connectivity index (χ1n) is 9.80. The molecule has 0 saturated carbocycles. The minimum Gasteiger partial charge on any atom is -0.377 e. The SMILES string of the molecule is C=CCn1c(CNc2c(C)cccc2C)nnc1SCC(=O)Nc1cccc(C)c1. The van der Waals surface area contributed by atoms with Crippen LogP contribution in [0.4, 0.5) is 11.4 Å². The second-order valence-corrected chi connectivity index (χ2v) is 8.07. The van der Waals surface area contributed by atoms with E-state index in [9.17, 15) is 4.79 Å². The molecule has 2 N–H and O–H groups in total. The van der Waals surface area contributed by atoms with Crippen molar-refractivity contribution in [1.29, 1.82) is 0 Å². The number of allylic oxidation sites excluding steroid dienone is 1. The Labute approximate surface area is 181 Å². The fraction of sp³-hybridized carbons (Fsp3) is 0.261. The van der Waals surface area contributed by atoms with E-state index in [0.717, 1.165) is 22.8 Å². The van der Waals surface area contributed by atoms with Gasteiger partial charge in [0.15, 0.2) is 11.0 Å². The van der Waals surface area contributed by atoms with Crippen molar-refractivity contribution in [1.82, 2.24) is 14.8 Å². The summed E-state index contributed by atoms with van der Waals surface area (Å²) in [6.45, 7) is 11.1. The van der Waals surface area contributed by atoms with Gasteiger partial charge in [-0.2, -0.15) is 0 Å². The highest BCUT2D eigenvalue weighted by Gasteiger charge is 2.14. The molecule has 0 fully saturated rings. The quantitative estimate of drug-likeness (QED) is 0.386. The predicted octanol–water partition coefficient (Wildman–Crippen LogP) is 4.73. The average molecular weight is 422 g/mol. The van der Waals surface area contributed by atoms with Crippen molar-refractivity contribution in [3.05, 3.63) is 77.6 Å². The molecule has 1 heterocycles. The van der Waals surface area contributed by atoms with Crippen molar-refractivity contribution in [2.75, 3.05) is 16.4 Å². The van der Waals surface area contributed by atoms with Gasteiger partial charge < -0.3 is 15.2 Å². The third-order valence-corrected chi connectivity index (χ3v) is 5.61. The lowest BCUT2D eigenvalue weighted by atomic mass is 10.1. The number of benzene rings is 2. The van der Waals surface area contributed by atoms with Crippen molar-refractivity contribution in [2.24, 2.45) is 0 Å². The van der Waals surface area contributed by atoms with Gasteiger partial charge in [-0.15, -0.1) is 16.8 Å². The van der Waals surface area contributed by atoms with Crippen LogP contribution in [0.3, 0.4) is 0 Å². The van der Waals surface area contributed by atoms with E-state index in [2.05, 4.69) is 53.4 Å². The molecule has 0 bridgehead atoms. The summed E-state index contributed by atoms with van der Waals surface area (Å²) in [5.74, 6) is 0.987. The Hall–Kier alpha value is -3.06. The highest BCUT2D eigenvalue weighted by Crippen LogP contribution is 2.22. The molecule has 0 aliphatic carbocycles. The van der Waals surface area contributed by atoms with Crippen LogP contribution in [0.15, 0.2) is 60.3 Å². The number of amides is 1. The van der Waals surface area contributed by atoms with Gasteiger partial charge in [-0.05, 0) is 49.6 Å². The number of anilines is 2. The minimum atomic E-state index is -0.0750. The molecule has 30 heavy (non-hydrogen) atoms. The van der Waals surface area contributed by atoms with E-state index < -0.39 is 0 Å². The van der Waals surface area contributed by atoms with Crippen LogP contribution in [0.25, 0.3) is 0 Å². The fourth-order valence-electron chi connectivity index (χ4n) is 3.18. The molecule has 1 aromatic heterocycles. The number of hydrogen-bond donors (Lipinski definition) is 2. The molecular weight excluding hydrogens is 394 g/mol. The molecular formula is C23H27N5OS. The monoisotopic (exact) mass is 421 g/mol. The van der Waals surface area contributed by atoms with Crippen LogP contribution in [0, 0.1) is 20.8 Å². The number of para-hydroxylation sites is 1. The first-order chi connectivity index (χ1) is 14.5.